The highest BCUT2D eigenvalue weighted by molar-refractivity contribution is 8.00. The van der Waals surface area contributed by atoms with Crippen molar-refractivity contribution in [1.82, 2.24) is 9.88 Å². The number of rotatable bonds is 4. The number of benzene rings is 1. The van der Waals surface area contributed by atoms with Gasteiger partial charge in [-0.25, -0.2) is 4.98 Å². The summed E-state index contributed by atoms with van der Waals surface area (Å²) < 4.78 is 5.52. The fourth-order valence-electron chi connectivity index (χ4n) is 2.64. The third kappa shape index (κ3) is 4.06. The maximum Gasteiger partial charge on any atom is 0.234 e. The zero-order valence-corrected chi connectivity index (χ0v) is 14.6. The van der Waals surface area contributed by atoms with Crippen molar-refractivity contribution < 1.29 is 14.3 Å². The minimum Gasteiger partial charge on any atom is -0.508 e. The molecule has 1 aliphatic heterocycles. The molecule has 1 aromatic heterocycles. The first kappa shape index (κ1) is 17.2. The molecule has 0 spiro atoms. The average molecular weight is 358 g/mol. The van der Waals surface area contributed by atoms with E-state index in [9.17, 15) is 9.90 Å². The first-order valence-corrected chi connectivity index (χ1v) is 8.87. The number of thioether (sulfide) groups is 1. The highest BCUT2D eigenvalue weighted by Crippen LogP contribution is 2.24. The van der Waals surface area contributed by atoms with Crippen molar-refractivity contribution in [3.05, 3.63) is 35.9 Å². The Hall–Kier alpha value is -2.66. The van der Waals surface area contributed by atoms with Crippen LogP contribution >= 0.6 is 11.8 Å². The monoisotopic (exact) mass is 358 g/mol. The number of hydrogen-bond acceptors (Lipinski definition) is 7. The number of aromatic hydroxyl groups is 1. The van der Waals surface area contributed by atoms with E-state index in [0.717, 1.165) is 4.90 Å². The second kappa shape index (κ2) is 7.49. The maximum absolute atomic E-state index is 12.4. The SMILES string of the molecule is Cc1nc(C#N)c(N2CCN(C(=O)CSc3ccc(O)cc3)CC2)o1. The van der Waals surface area contributed by atoms with Crippen molar-refractivity contribution in [1.29, 1.82) is 5.26 Å². The smallest absolute Gasteiger partial charge is 0.234 e. The van der Waals surface area contributed by atoms with E-state index in [0.29, 0.717) is 49.4 Å². The molecule has 1 aromatic carbocycles. The van der Waals surface area contributed by atoms with Crippen molar-refractivity contribution in [2.75, 3.05) is 36.8 Å². The van der Waals surface area contributed by atoms with Gasteiger partial charge in [0.05, 0.1) is 5.75 Å². The van der Waals surface area contributed by atoms with E-state index in [2.05, 4.69) is 4.98 Å². The zero-order valence-electron chi connectivity index (χ0n) is 13.8. The molecule has 2 aromatic rings. The lowest BCUT2D eigenvalue weighted by molar-refractivity contribution is -0.128. The maximum atomic E-state index is 12.4. The molecule has 25 heavy (non-hydrogen) atoms. The molecule has 7 nitrogen and oxygen atoms in total. The van der Waals surface area contributed by atoms with Crippen LogP contribution in [-0.4, -0.2) is 52.8 Å². The summed E-state index contributed by atoms with van der Waals surface area (Å²) in [6, 6.07) is 8.84. The molecule has 2 heterocycles. The standard InChI is InChI=1S/C17H18N4O3S/c1-12-19-15(10-18)17(24-12)21-8-6-20(7-9-21)16(23)11-25-14-4-2-13(22)3-5-14/h2-5,22H,6-9,11H2,1H3. The molecule has 130 valence electrons. The van der Waals surface area contributed by atoms with Gasteiger partial charge in [-0.1, -0.05) is 0 Å². The molecule has 0 radical (unpaired) electrons. The van der Waals surface area contributed by atoms with Gasteiger partial charge in [-0.15, -0.1) is 11.8 Å². The molecule has 1 saturated heterocycles. The van der Waals surface area contributed by atoms with Crippen molar-refractivity contribution in [3.63, 3.8) is 0 Å². The Morgan fingerprint density at radius 1 is 1.32 bits per heavy atom. The van der Waals surface area contributed by atoms with Gasteiger partial charge in [-0.2, -0.15) is 5.26 Å². The molecule has 3 rings (SSSR count). The number of phenolic OH excluding ortho intramolecular Hbond substituents is 1. The normalized spacial score (nSPS) is 14.4. The quantitative estimate of drug-likeness (QED) is 0.836. The van der Waals surface area contributed by atoms with E-state index in [1.54, 1.807) is 31.2 Å². The van der Waals surface area contributed by atoms with E-state index in [1.165, 1.54) is 11.8 Å². The lowest BCUT2D eigenvalue weighted by Crippen LogP contribution is -2.49. The predicted molar refractivity (Wildman–Crippen MR) is 93.6 cm³/mol. The number of phenols is 1. The molecule has 0 unspecified atom stereocenters. The Morgan fingerprint density at radius 2 is 2.00 bits per heavy atom. The summed E-state index contributed by atoms with van der Waals surface area (Å²) >= 11 is 1.45. The van der Waals surface area contributed by atoms with Crippen molar-refractivity contribution in [3.8, 4) is 11.8 Å². The molecule has 0 atom stereocenters. The topological polar surface area (TPSA) is 93.6 Å². The lowest BCUT2D eigenvalue weighted by Gasteiger charge is -2.34. The average Bonchev–Trinajstić information content (AvgIpc) is 3.02. The van der Waals surface area contributed by atoms with E-state index < -0.39 is 0 Å². The molecule has 0 aliphatic carbocycles. The second-order valence-electron chi connectivity index (χ2n) is 5.65. The van der Waals surface area contributed by atoms with Gasteiger partial charge in [-0.05, 0) is 24.3 Å². The molecule has 1 fully saturated rings. The van der Waals surface area contributed by atoms with E-state index in [4.69, 9.17) is 9.68 Å². The number of hydrogen-bond donors (Lipinski definition) is 1. The largest absolute Gasteiger partial charge is 0.508 e. The number of aromatic nitrogens is 1. The molecule has 1 aliphatic rings. The van der Waals surface area contributed by atoms with Crippen LogP contribution in [0, 0.1) is 18.3 Å². The summed E-state index contributed by atoms with van der Waals surface area (Å²) in [7, 11) is 0. The van der Waals surface area contributed by atoms with Gasteiger partial charge in [0.15, 0.2) is 5.89 Å². The molecule has 8 heteroatoms. The van der Waals surface area contributed by atoms with Gasteiger partial charge >= 0.3 is 0 Å². The van der Waals surface area contributed by atoms with Gasteiger partial charge in [-0.3, -0.25) is 4.79 Å². The van der Waals surface area contributed by atoms with Gasteiger partial charge in [0.25, 0.3) is 0 Å². The third-order valence-electron chi connectivity index (χ3n) is 3.94. The molecular formula is C17H18N4O3S. The summed E-state index contributed by atoms with van der Waals surface area (Å²) in [6.07, 6.45) is 0. The minimum atomic E-state index is 0.0759. The number of anilines is 1. The van der Waals surface area contributed by atoms with Crippen LogP contribution in [0.15, 0.2) is 33.6 Å². The van der Waals surface area contributed by atoms with Crippen LogP contribution in [0.5, 0.6) is 5.75 Å². The number of carbonyl (C=O) groups excluding carboxylic acids is 1. The van der Waals surface area contributed by atoms with Crippen LogP contribution in [0.2, 0.25) is 0 Å². The first-order chi connectivity index (χ1) is 12.1. The lowest BCUT2D eigenvalue weighted by atomic mass is 10.3. The Morgan fingerprint density at radius 3 is 2.64 bits per heavy atom. The number of nitriles is 1. The zero-order chi connectivity index (χ0) is 17.8. The molecule has 1 N–H and O–H groups in total. The number of nitrogens with zero attached hydrogens (tertiary/aromatic N) is 4. The summed E-state index contributed by atoms with van der Waals surface area (Å²) in [5.74, 6) is 1.61. The van der Waals surface area contributed by atoms with E-state index >= 15 is 0 Å². The number of piperazine rings is 1. The Bertz CT molecular complexity index is 789. The second-order valence-corrected chi connectivity index (χ2v) is 6.70. The van der Waals surface area contributed by atoms with Crippen LogP contribution < -0.4 is 4.90 Å². The molecule has 0 bridgehead atoms. The predicted octanol–water partition coefficient (Wildman–Crippen LogP) is 2.00. The van der Waals surface area contributed by atoms with E-state index in [1.807, 2.05) is 15.9 Å². The summed E-state index contributed by atoms with van der Waals surface area (Å²) in [6.45, 7) is 4.10. The Kier molecular flexibility index (Phi) is 5.14. The fourth-order valence-corrected chi connectivity index (χ4v) is 3.44. The van der Waals surface area contributed by atoms with Crippen LogP contribution in [0.3, 0.4) is 0 Å². The van der Waals surface area contributed by atoms with Gasteiger partial charge in [0.2, 0.25) is 17.5 Å². The summed E-state index contributed by atoms with van der Waals surface area (Å²) in [4.78, 5) is 21.1. The highest BCUT2D eigenvalue weighted by Gasteiger charge is 2.25. The number of amides is 1. The third-order valence-corrected chi connectivity index (χ3v) is 4.94. The first-order valence-electron chi connectivity index (χ1n) is 7.89. The van der Waals surface area contributed by atoms with Crippen molar-refractivity contribution >= 4 is 23.6 Å². The molecular weight excluding hydrogens is 340 g/mol. The highest BCUT2D eigenvalue weighted by atomic mass is 32.2. The number of carbonyl (C=O) groups is 1. The summed E-state index contributed by atoms with van der Waals surface area (Å²) in [5, 5.41) is 18.4. The van der Waals surface area contributed by atoms with Crippen LogP contribution in [-0.2, 0) is 4.79 Å². The van der Waals surface area contributed by atoms with Crippen LogP contribution in [0.1, 0.15) is 11.6 Å². The van der Waals surface area contributed by atoms with E-state index in [-0.39, 0.29) is 11.7 Å². The van der Waals surface area contributed by atoms with Gasteiger partial charge in [0, 0.05) is 38.0 Å². The Balaban J connectivity index is 1.52. The van der Waals surface area contributed by atoms with Gasteiger partial charge < -0.3 is 19.3 Å². The number of aryl methyl sites for hydroxylation is 1. The fraction of sp³-hybridized carbons (Fsp3) is 0.353. The van der Waals surface area contributed by atoms with Crippen molar-refractivity contribution in [2.45, 2.75) is 11.8 Å². The molecule has 0 saturated carbocycles. The van der Waals surface area contributed by atoms with Crippen molar-refractivity contribution in [2.24, 2.45) is 0 Å². The minimum absolute atomic E-state index is 0.0759. The number of oxazole rings is 1. The Labute approximate surface area is 149 Å². The van der Waals surface area contributed by atoms with Crippen LogP contribution in [0.25, 0.3) is 0 Å². The van der Waals surface area contributed by atoms with Gasteiger partial charge in [0.1, 0.15) is 11.8 Å². The van der Waals surface area contributed by atoms with Crippen LogP contribution in [0.4, 0.5) is 5.88 Å². The summed E-state index contributed by atoms with van der Waals surface area (Å²) in [5.41, 5.74) is 0.292. The molecule has 1 amide bonds.